The first-order valence-electron chi connectivity index (χ1n) is 4.09. The monoisotopic (exact) mass is 158 g/mol. The van der Waals surface area contributed by atoms with E-state index in [0.29, 0.717) is 0 Å². The molecule has 10 heavy (non-hydrogen) atoms. The Kier molecular flexibility index (Phi) is 9.17. The van der Waals surface area contributed by atoms with Crippen molar-refractivity contribution in [2.45, 2.75) is 39.0 Å². The van der Waals surface area contributed by atoms with E-state index in [4.69, 9.17) is 0 Å². The minimum atomic E-state index is 1.26. The van der Waals surface area contributed by atoms with E-state index < -0.39 is 0 Å². The zero-order valence-electron chi connectivity index (χ0n) is 7.10. The average molecular weight is 158 g/mol. The molecule has 0 radical (unpaired) electrons. The van der Waals surface area contributed by atoms with Crippen LogP contribution in [0.25, 0.3) is 0 Å². The molecular formula is C9H18S. The first kappa shape index (κ1) is 10.1. The number of thioether (sulfide) groups is 1. The van der Waals surface area contributed by atoms with E-state index in [1.807, 2.05) is 0 Å². The van der Waals surface area contributed by atoms with Gasteiger partial charge in [-0.3, -0.25) is 0 Å². The summed E-state index contributed by atoms with van der Waals surface area (Å²) in [6.45, 7) is 2.25. The summed E-state index contributed by atoms with van der Waals surface area (Å²) in [5.41, 5.74) is 0. The predicted molar refractivity (Wildman–Crippen MR) is 51.4 cm³/mol. The van der Waals surface area contributed by atoms with Crippen LogP contribution in [0, 0.1) is 0 Å². The van der Waals surface area contributed by atoms with Crippen molar-refractivity contribution in [2.75, 3.05) is 6.26 Å². The van der Waals surface area contributed by atoms with Crippen LogP contribution in [0.5, 0.6) is 0 Å². The zero-order chi connectivity index (χ0) is 7.66. The lowest BCUT2D eigenvalue weighted by Gasteiger charge is -1.92. The SMILES string of the molecule is CCCCCCC=CSC. The zero-order valence-corrected chi connectivity index (χ0v) is 7.91. The maximum atomic E-state index is 2.26. The van der Waals surface area contributed by atoms with Crippen LogP contribution in [-0.2, 0) is 0 Å². The Morgan fingerprint density at radius 3 is 2.60 bits per heavy atom. The lowest BCUT2D eigenvalue weighted by atomic mass is 10.2. The van der Waals surface area contributed by atoms with Gasteiger partial charge in [-0.1, -0.05) is 32.3 Å². The van der Waals surface area contributed by atoms with Crippen molar-refractivity contribution in [1.29, 1.82) is 0 Å². The van der Waals surface area contributed by atoms with Gasteiger partial charge in [0.2, 0.25) is 0 Å². The van der Waals surface area contributed by atoms with Crippen molar-refractivity contribution in [3.63, 3.8) is 0 Å². The summed E-state index contributed by atoms with van der Waals surface area (Å²) < 4.78 is 0. The minimum Gasteiger partial charge on any atom is -0.138 e. The Morgan fingerprint density at radius 1 is 1.20 bits per heavy atom. The van der Waals surface area contributed by atoms with Crippen LogP contribution in [0.15, 0.2) is 11.5 Å². The molecule has 0 rings (SSSR count). The van der Waals surface area contributed by atoms with Gasteiger partial charge in [-0.05, 0) is 24.5 Å². The first-order chi connectivity index (χ1) is 4.91. The molecule has 0 aromatic carbocycles. The van der Waals surface area contributed by atoms with Crippen LogP contribution >= 0.6 is 11.8 Å². The van der Waals surface area contributed by atoms with E-state index >= 15 is 0 Å². The van der Waals surface area contributed by atoms with Gasteiger partial charge in [-0.15, -0.1) is 11.8 Å². The van der Waals surface area contributed by atoms with Gasteiger partial charge in [0.1, 0.15) is 0 Å². The third-order valence-electron chi connectivity index (χ3n) is 1.46. The molecule has 1 heteroatoms. The van der Waals surface area contributed by atoms with Crippen LogP contribution in [0.2, 0.25) is 0 Å². The van der Waals surface area contributed by atoms with Crippen LogP contribution < -0.4 is 0 Å². The van der Waals surface area contributed by atoms with Crippen molar-refractivity contribution in [3.8, 4) is 0 Å². The lowest BCUT2D eigenvalue weighted by Crippen LogP contribution is -1.72. The summed E-state index contributed by atoms with van der Waals surface area (Å²) >= 11 is 1.78. The van der Waals surface area contributed by atoms with Crippen molar-refractivity contribution in [2.24, 2.45) is 0 Å². The molecule has 0 fully saturated rings. The maximum Gasteiger partial charge on any atom is -0.0142 e. The highest BCUT2D eigenvalue weighted by atomic mass is 32.2. The van der Waals surface area contributed by atoms with Gasteiger partial charge in [0.25, 0.3) is 0 Å². The summed E-state index contributed by atoms with van der Waals surface area (Å²) in [6.07, 6.45) is 11.1. The second kappa shape index (κ2) is 9.09. The van der Waals surface area contributed by atoms with Crippen molar-refractivity contribution < 1.29 is 0 Å². The van der Waals surface area contributed by atoms with E-state index in [0.717, 1.165) is 0 Å². The van der Waals surface area contributed by atoms with Gasteiger partial charge in [0.05, 0.1) is 0 Å². The Labute approximate surface area is 69.1 Å². The van der Waals surface area contributed by atoms with Crippen LogP contribution in [0.4, 0.5) is 0 Å². The lowest BCUT2D eigenvalue weighted by molar-refractivity contribution is 0.675. The highest BCUT2D eigenvalue weighted by Gasteiger charge is 1.82. The molecule has 0 aromatic heterocycles. The predicted octanol–water partition coefficient (Wildman–Crippen LogP) is 3.83. The van der Waals surface area contributed by atoms with Gasteiger partial charge in [-0.2, -0.15) is 0 Å². The molecule has 0 aliphatic heterocycles. The molecule has 0 atom stereocenters. The number of allylic oxidation sites excluding steroid dienone is 1. The maximum absolute atomic E-state index is 2.26. The number of hydrogen-bond acceptors (Lipinski definition) is 1. The number of unbranched alkanes of at least 4 members (excludes halogenated alkanes) is 4. The third-order valence-corrected chi connectivity index (χ3v) is 1.92. The quantitative estimate of drug-likeness (QED) is 0.529. The van der Waals surface area contributed by atoms with E-state index in [-0.39, 0.29) is 0 Å². The Hall–Kier alpha value is 0.0900. The van der Waals surface area contributed by atoms with E-state index in [2.05, 4.69) is 24.7 Å². The van der Waals surface area contributed by atoms with E-state index in [1.165, 1.54) is 32.1 Å². The summed E-state index contributed by atoms with van der Waals surface area (Å²) in [7, 11) is 0. The molecule has 0 aromatic rings. The van der Waals surface area contributed by atoms with Crippen molar-refractivity contribution in [1.82, 2.24) is 0 Å². The Balaban J connectivity index is 2.83. The normalized spacial score (nSPS) is 11.0. The van der Waals surface area contributed by atoms with Gasteiger partial charge < -0.3 is 0 Å². The van der Waals surface area contributed by atoms with Crippen LogP contribution in [-0.4, -0.2) is 6.26 Å². The molecule has 60 valence electrons. The fourth-order valence-corrected chi connectivity index (χ4v) is 1.18. The molecule has 0 aliphatic rings. The molecule has 0 saturated heterocycles. The smallest absolute Gasteiger partial charge is 0.0142 e. The molecule has 0 spiro atoms. The fraction of sp³-hybridized carbons (Fsp3) is 0.778. The highest BCUT2D eigenvalue weighted by molar-refractivity contribution is 8.01. The van der Waals surface area contributed by atoms with Crippen LogP contribution in [0.1, 0.15) is 39.0 Å². The molecule has 0 bridgehead atoms. The van der Waals surface area contributed by atoms with Gasteiger partial charge >= 0.3 is 0 Å². The molecular weight excluding hydrogens is 140 g/mol. The fourth-order valence-electron chi connectivity index (χ4n) is 0.853. The molecule has 0 nitrogen and oxygen atoms in total. The Morgan fingerprint density at radius 2 is 2.00 bits per heavy atom. The molecule has 0 aliphatic carbocycles. The summed E-state index contributed by atoms with van der Waals surface area (Å²) in [4.78, 5) is 0. The van der Waals surface area contributed by atoms with E-state index in [1.54, 1.807) is 11.8 Å². The van der Waals surface area contributed by atoms with Crippen molar-refractivity contribution >= 4 is 11.8 Å². The number of rotatable bonds is 6. The number of hydrogen-bond donors (Lipinski definition) is 0. The molecule has 0 unspecified atom stereocenters. The standard InChI is InChI=1S/C9H18S/c1-3-4-5-6-7-8-9-10-2/h8-9H,3-7H2,1-2H3. The summed E-state index contributed by atoms with van der Waals surface area (Å²) in [5, 5.41) is 2.17. The molecule has 0 N–H and O–H groups in total. The van der Waals surface area contributed by atoms with Gasteiger partial charge in [-0.25, -0.2) is 0 Å². The van der Waals surface area contributed by atoms with Crippen molar-refractivity contribution in [3.05, 3.63) is 11.5 Å². The third kappa shape index (κ3) is 8.09. The van der Waals surface area contributed by atoms with Crippen LogP contribution in [0.3, 0.4) is 0 Å². The molecule has 0 saturated carbocycles. The van der Waals surface area contributed by atoms with Gasteiger partial charge in [0, 0.05) is 0 Å². The average Bonchev–Trinajstić information content (AvgIpc) is 1.97. The molecule has 0 amide bonds. The highest BCUT2D eigenvalue weighted by Crippen LogP contribution is 2.04. The molecule has 0 heterocycles. The summed E-state index contributed by atoms with van der Waals surface area (Å²) in [5.74, 6) is 0. The largest absolute Gasteiger partial charge is 0.138 e. The minimum absolute atomic E-state index is 1.26. The second-order valence-electron chi connectivity index (χ2n) is 2.46. The first-order valence-corrected chi connectivity index (χ1v) is 5.38. The van der Waals surface area contributed by atoms with Gasteiger partial charge in [0.15, 0.2) is 0 Å². The van der Waals surface area contributed by atoms with E-state index in [9.17, 15) is 0 Å². The summed E-state index contributed by atoms with van der Waals surface area (Å²) in [6, 6.07) is 0. The second-order valence-corrected chi connectivity index (χ2v) is 3.20. The topological polar surface area (TPSA) is 0 Å². The Bertz CT molecular complexity index is 76.8.